The fraction of sp³-hybridized carbons (Fsp3) is 0.381. The molecule has 1 aliphatic carbocycles. The van der Waals surface area contributed by atoms with Crippen molar-refractivity contribution in [3.05, 3.63) is 62.7 Å². The van der Waals surface area contributed by atoms with E-state index in [2.05, 4.69) is 15.0 Å². The third-order valence-electron chi connectivity index (χ3n) is 5.34. The van der Waals surface area contributed by atoms with E-state index in [1.54, 1.807) is 12.3 Å². The molecule has 0 spiro atoms. The van der Waals surface area contributed by atoms with Crippen molar-refractivity contribution in [3.8, 4) is 0 Å². The number of amides is 1. The molecule has 1 saturated carbocycles. The number of nitrogens with one attached hydrogen (secondary N) is 1. The van der Waals surface area contributed by atoms with E-state index in [1.807, 2.05) is 39.1 Å². The molecule has 1 fully saturated rings. The van der Waals surface area contributed by atoms with E-state index in [1.165, 1.54) is 4.68 Å². The SMILES string of the molecule is Cc1cc(Cl)ccc1C(C)NC(=O)Cn1ncc2c(c(C)cn2C2CC2)c1=O. The fourth-order valence-corrected chi connectivity index (χ4v) is 4.01. The molecule has 4 rings (SSSR count). The van der Waals surface area contributed by atoms with Gasteiger partial charge >= 0.3 is 0 Å². The lowest BCUT2D eigenvalue weighted by molar-refractivity contribution is -0.122. The third kappa shape index (κ3) is 3.44. The highest BCUT2D eigenvalue weighted by atomic mass is 35.5. The first-order chi connectivity index (χ1) is 13.3. The zero-order valence-electron chi connectivity index (χ0n) is 16.2. The number of carbonyl (C=O) groups is 1. The van der Waals surface area contributed by atoms with Crippen molar-refractivity contribution in [3.63, 3.8) is 0 Å². The van der Waals surface area contributed by atoms with Gasteiger partial charge in [0.15, 0.2) is 0 Å². The number of fused-ring (bicyclic) bond motifs is 1. The van der Waals surface area contributed by atoms with E-state index in [-0.39, 0.29) is 24.1 Å². The molecule has 1 aromatic carbocycles. The smallest absolute Gasteiger partial charge is 0.276 e. The van der Waals surface area contributed by atoms with Crippen LogP contribution in [0.15, 0.2) is 35.4 Å². The van der Waals surface area contributed by atoms with Gasteiger partial charge in [-0.3, -0.25) is 9.59 Å². The molecule has 3 aromatic rings. The first-order valence-electron chi connectivity index (χ1n) is 9.48. The number of hydrogen-bond donors (Lipinski definition) is 1. The monoisotopic (exact) mass is 398 g/mol. The first kappa shape index (κ1) is 18.7. The molecule has 1 amide bonds. The molecule has 1 atom stereocenters. The van der Waals surface area contributed by atoms with Crippen molar-refractivity contribution >= 4 is 28.4 Å². The summed E-state index contributed by atoms with van der Waals surface area (Å²) in [6.45, 7) is 5.68. The number of rotatable bonds is 5. The summed E-state index contributed by atoms with van der Waals surface area (Å²) >= 11 is 6.00. The van der Waals surface area contributed by atoms with Gasteiger partial charge in [-0.05, 0) is 62.4 Å². The van der Waals surface area contributed by atoms with Crippen molar-refractivity contribution in [2.24, 2.45) is 0 Å². The Balaban J connectivity index is 1.54. The maximum atomic E-state index is 12.9. The van der Waals surface area contributed by atoms with Crippen LogP contribution in [-0.2, 0) is 11.3 Å². The van der Waals surface area contributed by atoms with E-state index in [0.717, 1.165) is 35.0 Å². The zero-order chi connectivity index (χ0) is 20.0. The molecule has 2 heterocycles. The molecule has 7 heteroatoms. The topological polar surface area (TPSA) is 68.9 Å². The molecule has 1 aliphatic rings. The second kappa shape index (κ2) is 7.09. The lowest BCUT2D eigenvalue weighted by Gasteiger charge is -2.17. The van der Waals surface area contributed by atoms with E-state index in [0.29, 0.717) is 16.5 Å². The average Bonchev–Trinajstić information content (AvgIpc) is 3.41. The predicted molar refractivity (Wildman–Crippen MR) is 110 cm³/mol. The van der Waals surface area contributed by atoms with Gasteiger partial charge < -0.3 is 9.88 Å². The van der Waals surface area contributed by atoms with Gasteiger partial charge in [0.1, 0.15) is 6.54 Å². The molecular weight excluding hydrogens is 376 g/mol. The third-order valence-corrected chi connectivity index (χ3v) is 5.57. The van der Waals surface area contributed by atoms with Crippen LogP contribution in [0.2, 0.25) is 5.02 Å². The molecule has 6 nitrogen and oxygen atoms in total. The summed E-state index contributed by atoms with van der Waals surface area (Å²) in [7, 11) is 0. The van der Waals surface area contributed by atoms with E-state index >= 15 is 0 Å². The Labute approximate surface area is 168 Å². The summed E-state index contributed by atoms with van der Waals surface area (Å²) in [5, 5.41) is 8.50. The van der Waals surface area contributed by atoms with Crippen LogP contribution in [0.25, 0.3) is 10.9 Å². The van der Waals surface area contributed by atoms with Crippen LogP contribution < -0.4 is 10.9 Å². The van der Waals surface area contributed by atoms with Gasteiger partial charge in [-0.15, -0.1) is 0 Å². The number of hydrogen-bond acceptors (Lipinski definition) is 3. The van der Waals surface area contributed by atoms with Crippen molar-refractivity contribution in [2.45, 2.75) is 52.2 Å². The van der Waals surface area contributed by atoms with E-state index in [9.17, 15) is 9.59 Å². The number of nitrogens with zero attached hydrogens (tertiary/aromatic N) is 3. The zero-order valence-corrected chi connectivity index (χ0v) is 17.0. The van der Waals surface area contributed by atoms with E-state index < -0.39 is 0 Å². The standard InChI is InChI=1S/C21H23ClN4O2/c1-12-8-15(22)4-7-17(12)14(3)24-19(27)11-26-21(28)20-13(2)10-25(16-5-6-16)18(20)9-23-26/h4,7-10,14,16H,5-6,11H2,1-3H3,(H,24,27). The number of halogens is 1. The minimum atomic E-state index is -0.255. The largest absolute Gasteiger partial charge is 0.348 e. The molecule has 0 saturated heterocycles. The molecule has 28 heavy (non-hydrogen) atoms. The Kier molecular flexibility index (Phi) is 4.75. The Morgan fingerprint density at radius 1 is 1.32 bits per heavy atom. The van der Waals surface area contributed by atoms with Gasteiger partial charge in [-0.1, -0.05) is 17.7 Å². The Bertz CT molecular complexity index is 1130. The maximum absolute atomic E-state index is 12.9. The normalized spacial score (nSPS) is 15.0. The minimum Gasteiger partial charge on any atom is -0.348 e. The summed E-state index contributed by atoms with van der Waals surface area (Å²) < 4.78 is 3.37. The summed E-state index contributed by atoms with van der Waals surface area (Å²) in [4.78, 5) is 25.4. The highest BCUT2D eigenvalue weighted by Gasteiger charge is 2.26. The minimum absolute atomic E-state index is 0.111. The van der Waals surface area contributed by atoms with Gasteiger partial charge in [0.2, 0.25) is 5.91 Å². The number of aromatic nitrogens is 3. The number of aryl methyl sites for hydroxylation is 2. The molecule has 146 valence electrons. The van der Waals surface area contributed by atoms with Gasteiger partial charge in [0, 0.05) is 17.3 Å². The molecule has 0 radical (unpaired) electrons. The molecule has 1 N–H and O–H groups in total. The predicted octanol–water partition coefficient (Wildman–Crippen LogP) is 3.68. The van der Waals surface area contributed by atoms with Crippen LogP contribution in [-0.4, -0.2) is 20.3 Å². The van der Waals surface area contributed by atoms with Gasteiger partial charge in [-0.2, -0.15) is 5.10 Å². The second-order valence-corrected chi connectivity index (χ2v) is 8.04. The Morgan fingerprint density at radius 3 is 2.75 bits per heavy atom. The van der Waals surface area contributed by atoms with Crippen LogP contribution in [0.1, 0.15) is 48.5 Å². The number of carbonyl (C=O) groups excluding carboxylic acids is 1. The van der Waals surface area contributed by atoms with Crippen LogP contribution in [0.3, 0.4) is 0 Å². The highest BCUT2D eigenvalue weighted by molar-refractivity contribution is 6.30. The van der Waals surface area contributed by atoms with Crippen LogP contribution in [0.5, 0.6) is 0 Å². The summed E-state index contributed by atoms with van der Waals surface area (Å²) in [5.41, 5.74) is 3.56. The summed E-state index contributed by atoms with van der Waals surface area (Å²) in [6.07, 6.45) is 5.98. The highest BCUT2D eigenvalue weighted by Crippen LogP contribution is 2.37. The molecule has 2 aromatic heterocycles. The van der Waals surface area contributed by atoms with Gasteiger partial charge in [0.25, 0.3) is 5.56 Å². The molecule has 0 aliphatic heterocycles. The van der Waals surface area contributed by atoms with Crippen molar-refractivity contribution < 1.29 is 4.79 Å². The van der Waals surface area contributed by atoms with Crippen molar-refractivity contribution in [2.75, 3.05) is 0 Å². The summed E-state index contributed by atoms with van der Waals surface area (Å²) in [6, 6.07) is 5.86. The Hall–Kier alpha value is -2.60. The lowest BCUT2D eigenvalue weighted by atomic mass is 10.0. The van der Waals surface area contributed by atoms with E-state index in [4.69, 9.17) is 11.6 Å². The molecule has 1 unspecified atom stereocenters. The van der Waals surface area contributed by atoms with Crippen LogP contribution in [0.4, 0.5) is 0 Å². The Morgan fingerprint density at radius 2 is 2.07 bits per heavy atom. The van der Waals surface area contributed by atoms with Crippen LogP contribution >= 0.6 is 11.6 Å². The first-order valence-corrected chi connectivity index (χ1v) is 9.85. The fourth-order valence-electron chi connectivity index (χ4n) is 3.78. The van der Waals surface area contributed by atoms with Gasteiger partial charge in [0.05, 0.1) is 23.1 Å². The molecular formula is C21H23ClN4O2. The van der Waals surface area contributed by atoms with Crippen molar-refractivity contribution in [1.29, 1.82) is 0 Å². The second-order valence-electron chi connectivity index (χ2n) is 7.61. The summed E-state index contributed by atoms with van der Waals surface area (Å²) in [5.74, 6) is -0.255. The average molecular weight is 399 g/mol. The quantitative estimate of drug-likeness (QED) is 0.712. The van der Waals surface area contributed by atoms with Gasteiger partial charge in [-0.25, -0.2) is 4.68 Å². The maximum Gasteiger partial charge on any atom is 0.276 e. The lowest BCUT2D eigenvalue weighted by Crippen LogP contribution is -2.35. The van der Waals surface area contributed by atoms with Crippen molar-refractivity contribution in [1.82, 2.24) is 19.7 Å². The molecule has 0 bridgehead atoms. The van der Waals surface area contributed by atoms with Crippen LogP contribution in [0, 0.1) is 13.8 Å². The number of benzene rings is 1.